The second kappa shape index (κ2) is 8.02. The Balaban J connectivity index is 2.06. The summed E-state index contributed by atoms with van der Waals surface area (Å²) in [6.45, 7) is 1.49. The summed E-state index contributed by atoms with van der Waals surface area (Å²) in [5.74, 6) is -0.439. The second-order valence-corrected chi connectivity index (χ2v) is 8.05. The van der Waals surface area contributed by atoms with Crippen molar-refractivity contribution in [3.63, 3.8) is 0 Å². The molecule has 0 aliphatic heterocycles. The molecule has 5 nitrogen and oxygen atoms in total. The van der Waals surface area contributed by atoms with Gasteiger partial charge in [-0.05, 0) is 55.6 Å². The minimum absolute atomic E-state index is 0.0518. The summed E-state index contributed by atoms with van der Waals surface area (Å²) in [4.78, 5) is 13.3. The highest BCUT2D eigenvalue weighted by Crippen LogP contribution is 2.19. The van der Waals surface area contributed by atoms with Gasteiger partial charge in [-0.25, -0.2) is 8.42 Å². The monoisotopic (exact) mass is 384 g/mol. The van der Waals surface area contributed by atoms with Crippen molar-refractivity contribution >= 4 is 45.0 Å². The number of benzene rings is 2. The first-order chi connectivity index (χ1) is 11.3. The van der Waals surface area contributed by atoms with E-state index in [9.17, 15) is 13.2 Å². The Morgan fingerprint density at radius 3 is 2.46 bits per heavy atom. The van der Waals surface area contributed by atoms with Crippen LogP contribution in [0.5, 0.6) is 0 Å². The first-order valence-electron chi connectivity index (χ1n) is 7.04. The topological polar surface area (TPSA) is 75.3 Å². The number of carbonyl (C=O) groups is 1. The van der Waals surface area contributed by atoms with Gasteiger partial charge in [0.1, 0.15) is 0 Å². The smallest absolute Gasteiger partial charge is 0.242 e. The van der Waals surface area contributed by atoms with E-state index >= 15 is 0 Å². The minimum Gasteiger partial charge on any atom is -0.325 e. The molecule has 0 aliphatic rings. The van der Waals surface area contributed by atoms with Crippen LogP contribution in [-0.4, -0.2) is 26.6 Å². The van der Waals surface area contributed by atoms with E-state index < -0.39 is 22.0 Å². The lowest BCUT2D eigenvalue weighted by Crippen LogP contribution is -2.41. The summed E-state index contributed by atoms with van der Waals surface area (Å²) >= 11 is 7.31. The molecule has 0 fully saturated rings. The van der Waals surface area contributed by atoms with Crippen molar-refractivity contribution in [1.82, 2.24) is 4.72 Å². The maximum atomic E-state index is 12.3. The molecule has 2 aromatic carbocycles. The number of carbonyl (C=O) groups excluding carboxylic acids is 1. The maximum Gasteiger partial charge on any atom is 0.242 e. The van der Waals surface area contributed by atoms with Crippen LogP contribution in [-0.2, 0) is 14.8 Å². The molecule has 0 saturated carbocycles. The van der Waals surface area contributed by atoms with Gasteiger partial charge in [-0.2, -0.15) is 4.72 Å². The molecule has 0 spiro atoms. The molecule has 0 saturated heterocycles. The van der Waals surface area contributed by atoms with E-state index in [0.29, 0.717) is 10.7 Å². The van der Waals surface area contributed by atoms with Gasteiger partial charge in [0.2, 0.25) is 15.9 Å². The van der Waals surface area contributed by atoms with Gasteiger partial charge in [-0.15, -0.1) is 11.8 Å². The molecule has 2 N–H and O–H groups in total. The number of rotatable bonds is 6. The lowest BCUT2D eigenvalue weighted by Gasteiger charge is -2.15. The van der Waals surface area contributed by atoms with Crippen molar-refractivity contribution in [3.8, 4) is 0 Å². The Bertz CT molecular complexity index is 823. The van der Waals surface area contributed by atoms with E-state index in [2.05, 4.69) is 10.0 Å². The summed E-state index contributed by atoms with van der Waals surface area (Å²) < 4.78 is 26.9. The fourth-order valence-corrected chi connectivity index (χ4v) is 3.71. The van der Waals surface area contributed by atoms with Crippen LogP contribution < -0.4 is 10.0 Å². The molecule has 2 rings (SSSR count). The largest absolute Gasteiger partial charge is 0.325 e. The quantitative estimate of drug-likeness (QED) is 0.749. The van der Waals surface area contributed by atoms with E-state index in [0.717, 1.165) is 4.90 Å². The number of hydrogen-bond donors (Lipinski definition) is 2. The molecule has 0 radical (unpaired) electrons. The molecular weight excluding hydrogens is 368 g/mol. The van der Waals surface area contributed by atoms with Crippen molar-refractivity contribution in [2.24, 2.45) is 0 Å². The van der Waals surface area contributed by atoms with Gasteiger partial charge in [0, 0.05) is 15.6 Å². The molecule has 1 unspecified atom stereocenters. The third-order valence-electron chi connectivity index (χ3n) is 3.19. The van der Waals surface area contributed by atoms with Gasteiger partial charge in [-0.3, -0.25) is 4.79 Å². The molecular formula is C16H17ClN2O3S2. The average Bonchev–Trinajstić information content (AvgIpc) is 2.55. The molecule has 2 aromatic rings. The molecule has 0 aliphatic carbocycles. The lowest BCUT2D eigenvalue weighted by atomic mass is 10.3. The van der Waals surface area contributed by atoms with Crippen LogP contribution in [0.4, 0.5) is 5.69 Å². The predicted octanol–water partition coefficient (Wildman–Crippen LogP) is 3.37. The zero-order valence-electron chi connectivity index (χ0n) is 13.1. The van der Waals surface area contributed by atoms with Gasteiger partial charge >= 0.3 is 0 Å². The van der Waals surface area contributed by atoms with E-state index in [-0.39, 0.29) is 4.90 Å². The normalized spacial score (nSPS) is 12.6. The highest BCUT2D eigenvalue weighted by atomic mass is 35.5. The molecule has 1 atom stereocenters. The number of amides is 1. The zero-order chi connectivity index (χ0) is 17.7. The van der Waals surface area contributed by atoms with Crippen LogP contribution in [0.15, 0.2) is 58.3 Å². The summed E-state index contributed by atoms with van der Waals surface area (Å²) in [6, 6.07) is 12.1. The molecule has 0 aromatic heterocycles. The second-order valence-electron chi connectivity index (χ2n) is 5.02. The molecule has 0 heterocycles. The predicted molar refractivity (Wildman–Crippen MR) is 98.1 cm³/mol. The first-order valence-corrected chi connectivity index (χ1v) is 10.1. The van der Waals surface area contributed by atoms with E-state index in [1.54, 1.807) is 17.8 Å². The molecule has 0 bridgehead atoms. The Morgan fingerprint density at radius 1 is 1.17 bits per heavy atom. The fourth-order valence-electron chi connectivity index (χ4n) is 1.92. The SMILES string of the molecule is CSc1cccc(NC(=O)C(C)NS(=O)(=O)c2ccc(Cl)cc2)c1. The highest BCUT2D eigenvalue weighted by Gasteiger charge is 2.22. The standard InChI is InChI=1S/C16H17ClN2O3S2/c1-11(16(20)18-13-4-3-5-14(10-13)23-2)19-24(21,22)15-8-6-12(17)7-9-15/h3-11,19H,1-2H3,(H,18,20). The van der Waals surface area contributed by atoms with Crippen LogP contribution in [0.25, 0.3) is 0 Å². The van der Waals surface area contributed by atoms with Gasteiger partial charge in [-0.1, -0.05) is 17.7 Å². The highest BCUT2D eigenvalue weighted by molar-refractivity contribution is 7.98. The Kier molecular flexibility index (Phi) is 6.28. The third-order valence-corrected chi connectivity index (χ3v) is 5.72. The summed E-state index contributed by atoms with van der Waals surface area (Å²) in [7, 11) is -3.80. The van der Waals surface area contributed by atoms with Crippen LogP contribution in [0.3, 0.4) is 0 Å². The number of hydrogen-bond acceptors (Lipinski definition) is 4. The van der Waals surface area contributed by atoms with Crippen molar-refractivity contribution in [2.45, 2.75) is 22.8 Å². The molecule has 1 amide bonds. The lowest BCUT2D eigenvalue weighted by molar-refractivity contribution is -0.117. The van der Waals surface area contributed by atoms with Crippen LogP contribution in [0, 0.1) is 0 Å². The van der Waals surface area contributed by atoms with Crippen molar-refractivity contribution in [3.05, 3.63) is 53.6 Å². The van der Waals surface area contributed by atoms with E-state index in [1.807, 2.05) is 24.5 Å². The van der Waals surface area contributed by atoms with Gasteiger partial charge in [0.15, 0.2) is 0 Å². The third kappa shape index (κ3) is 4.98. The van der Waals surface area contributed by atoms with Crippen molar-refractivity contribution in [2.75, 3.05) is 11.6 Å². The average molecular weight is 385 g/mol. The summed E-state index contributed by atoms with van der Waals surface area (Å²) in [6.07, 6.45) is 1.93. The molecule has 24 heavy (non-hydrogen) atoms. The van der Waals surface area contributed by atoms with Crippen LogP contribution >= 0.6 is 23.4 Å². The van der Waals surface area contributed by atoms with E-state index in [1.165, 1.54) is 31.2 Å². The molecule has 128 valence electrons. The summed E-state index contributed by atoms with van der Waals surface area (Å²) in [5.41, 5.74) is 0.615. The number of thioether (sulfide) groups is 1. The van der Waals surface area contributed by atoms with Crippen LogP contribution in [0.2, 0.25) is 5.02 Å². The van der Waals surface area contributed by atoms with Crippen molar-refractivity contribution in [1.29, 1.82) is 0 Å². The van der Waals surface area contributed by atoms with Crippen molar-refractivity contribution < 1.29 is 13.2 Å². The first kappa shape index (κ1) is 18.8. The summed E-state index contributed by atoms with van der Waals surface area (Å²) in [5, 5.41) is 3.14. The number of sulfonamides is 1. The number of nitrogens with one attached hydrogen (secondary N) is 2. The maximum absolute atomic E-state index is 12.3. The van der Waals surface area contributed by atoms with Crippen LogP contribution in [0.1, 0.15) is 6.92 Å². The molecule has 8 heteroatoms. The fraction of sp³-hybridized carbons (Fsp3) is 0.188. The van der Waals surface area contributed by atoms with Gasteiger partial charge in [0.25, 0.3) is 0 Å². The minimum atomic E-state index is -3.80. The van der Waals surface area contributed by atoms with E-state index in [4.69, 9.17) is 11.6 Å². The van der Waals surface area contributed by atoms with Gasteiger partial charge in [0.05, 0.1) is 10.9 Å². The Hall–Kier alpha value is -1.54. The van der Waals surface area contributed by atoms with Gasteiger partial charge < -0.3 is 5.32 Å². The Labute approximate surface area is 150 Å². The zero-order valence-corrected chi connectivity index (χ0v) is 15.5. The number of anilines is 1. The number of halogens is 1. The Morgan fingerprint density at radius 2 is 1.83 bits per heavy atom.